The van der Waals surface area contributed by atoms with Gasteiger partial charge in [-0.3, -0.25) is 24.6 Å². The van der Waals surface area contributed by atoms with Gasteiger partial charge in [-0.2, -0.15) is 0 Å². The summed E-state index contributed by atoms with van der Waals surface area (Å²) in [6.45, 7) is 3.67. The second-order valence-corrected chi connectivity index (χ2v) is 9.46. The van der Waals surface area contributed by atoms with Crippen LogP contribution >= 0.6 is 0 Å². The smallest absolute Gasteiger partial charge is 0.259 e. The van der Waals surface area contributed by atoms with Crippen molar-refractivity contribution in [2.24, 2.45) is 0 Å². The number of amides is 3. The first-order valence-corrected chi connectivity index (χ1v) is 12.3. The molecule has 1 aromatic carbocycles. The fourth-order valence-corrected chi connectivity index (χ4v) is 4.76. The van der Waals surface area contributed by atoms with Crippen molar-refractivity contribution < 1.29 is 54.2 Å². The zero-order valence-electron chi connectivity index (χ0n) is 21.2. The number of aromatic hydroxyl groups is 3. The van der Waals surface area contributed by atoms with Crippen molar-refractivity contribution in [2.75, 3.05) is 32.8 Å². The van der Waals surface area contributed by atoms with Crippen LogP contribution in [0.5, 0.6) is 17.2 Å². The van der Waals surface area contributed by atoms with Crippen molar-refractivity contribution in [3.8, 4) is 17.2 Å². The van der Waals surface area contributed by atoms with Crippen LogP contribution in [-0.2, 0) is 32.2 Å². The van der Waals surface area contributed by atoms with Crippen LogP contribution in [0.3, 0.4) is 0 Å². The summed E-state index contributed by atoms with van der Waals surface area (Å²) >= 11 is 0. The predicted octanol–water partition coefficient (Wildman–Crippen LogP) is 0.165. The zero-order chi connectivity index (χ0) is 29.3. The first-order valence-electron chi connectivity index (χ1n) is 12.3. The molecule has 15 heteroatoms. The molecule has 14 nitrogen and oxygen atoms in total. The molecule has 3 aliphatic rings. The fraction of sp³-hybridized carbons (Fsp3) is 0.400. The van der Waals surface area contributed by atoms with E-state index in [1.807, 2.05) is 0 Å². The first kappa shape index (κ1) is 28.5. The monoisotopic (exact) mass is 564 g/mol. The molecule has 216 valence electrons. The minimum Gasteiger partial charge on any atom is -0.505 e. The highest BCUT2D eigenvalue weighted by atomic mass is 19.1. The number of piperidine rings is 1. The van der Waals surface area contributed by atoms with Gasteiger partial charge in [0.1, 0.15) is 6.04 Å². The number of nitrogens with zero attached hydrogens (tertiary/aromatic N) is 2. The van der Waals surface area contributed by atoms with E-state index >= 15 is 4.39 Å². The Balaban J connectivity index is 1.62. The molecule has 8 N–H and O–H groups in total. The molecule has 0 spiro atoms. The lowest BCUT2D eigenvalue weighted by molar-refractivity contribution is -0.142. The number of rotatable bonds is 7. The minimum atomic E-state index is -1.26. The van der Waals surface area contributed by atoms with Crippen LogP contribution in [0.2, 0.25) is 0 Å². The van der Waals surface area contributed by atoms with E-state index in [0.29, 0.717) is 26.3 Å². The molecule has 0 aliphatic carbocycles. The zero-order valence-corrected chi connectivity index (χ0v) is 21.2. The normalized spacial score (nSPS) is 22.8. The van der Waals surface area contributed by atoms with Crippen LogP contribution in [0, 0.1) is 5.82 Å². The molecule has 0 bridgehead atoms. The molecule has 3 heterocycles. The van der Waals surface area contributed by atoms with Gasteiger partial charge in [0.15, 0.2) is 40.5 Å². The van der Waals surface area contributed by atoms with Gasteiger partial charge >= 0.3 is 0 Å². The lowest BCUT2D eigenvalue weighted by Crippen LogP contribution is -2.53. The highest BCUT2D eigenvalue weighted by Gasteiger charge is 2.44. The summed E-state index contributed by atoms with van der Waals surface area (Å²) in [5, 5.41) is 66.7. The lowest BCUT2D eigenvalue weighted by atomic mass is 10.0. The Morgan fingerprint density at radius 1 is 1.05 bits per heavy atom. The Morgan fingerprint density at radius 3 is 2.33 bits per heavy atom. The summed E-state index contributed by atoms with van der Waals surface area (Å²) < 4.78 is 20.3. The second kappa shape index (κ2) is 11.3. The first-order chi connectivity index (χ1) is 18.9. The SMILES string of the molecule is C=C(O)/C(O)=C1/C(=O)N(C2CCC(=O)NC2=O)C/C1=C(/O)NCc1c(O)c(O)c(CN2CCOCC2)c(O)c1F. The van der Waals surface area contributed by atoms with E-state index in [4.69, 9.17) is 4.74 Å². The number of carbonyl (C=O) groups is 3. The van der Waals surface area contributed by atoms with Crippen LogP contribution in [0.25, 0.3) is 0 Å². The molecule has 1 atom stereocenters. The molecule has 3 aliphatic heterocycles. The van der Waals surface area contributed by atoms with Gasteiger partial charge in [-0.25, -0.2) is 4.39 Å². The topological polar surface area (TPSA) is 212 Å². The number of carbonyl (C=O) groups excluding carboxylic acids is 3. The van der Waals surface area contributed by atoms with E-state index in [9.17, 15) is 45.0 Å². The number of aliphatic hydroxyl groups excluding tert-OH is 3. The highest BCUT2D eigenvalue weighted by Crippen LogP contribution is 2.42. The van der Waals surface area contributed by atoms with E-state index in [1.54, 1.807) is 4.90 Å². The largest absolute Gasteiger partial charge is 0.505 e. The summed E-state index contributed by atoms with van der Waals surface area (Å²) in [7, 11) is 0. The summed E-state index contributed by atoms with van der Waals surface area (Å²) in [5.74, 6) is -8.77. The number of likely N-dealkylation sites (tertiary alicyclic amines) is 1. The molecular weight excluding hydrogens is 535 g/mol. The van der Waals surface area contributed by atoms with E-state index in [1.165, 1.54) is 0 Å². The molecule has 0 radical (unpaired) electrons. The summed E-state index contributed by atoms with van der Waals surface area (Å²) in [5.41, 5.74) is -1.75. The Bertz CT molecular complexity index is 1310. The maximum atomic E-state index is 15.1. The maximum Gasteiger partial charge on any atom is 0.259 e. The third-order valence-electron chi connectivity index (χ3n) is 6.96. The molecule has 40 heavy (non-hydrogen) atoms. The third kappa shape index (κ3) is 5.33. The van der Waals surface area contributed by atoms with Gasteiger partial charge < -0.3 is 45.6 Å². The van der Waals surface area contributed by atoms with E-state index in [-0.39, 0.29) is 30.5 Å². The van der Waals surface area contributed by atoms with Gasteiger partial charge in [0.05, 0.1) is 36.5 Å². The standard InChI is InChI=1S/C25H29FN4O10/c1-11(31)19(33)17-13(10-30(25(17)39)15-2-3-16(32)28-24(15)38)23(37)27-8-12-18(26)20(34)14(22(36)21(12)35)9-29-4-6-40-7-5-29/h15,27,31,33-37H,1-10H2,(H,28,32,38)/b19-17-,23-13-. The molecular formula is C25H29FN4O10. The van der Waals surface area contributed by atoms with Crippen molar-refractivity contribution in [1.82, 2.24) is 20.4 Å². The molecule has 0 saturated carbocycles. The average Bonchev–Trinajstić information content (AvgIpc) is 3.26. The van der Waals surface area contributed by atoms with Crippen LogP contribution < -0.4 is 10.6 Å². The number of aliphatic hydroxyl groups is 3. The number of hydrogen-bond donors (Lipinski definition) is 8. The number of nitrogens with one attached hydrogen (secondary N) is 2. The number of benzene rings is 1. The number of hydrogen-bond acceptors (Lipinski definition) is 12. The number of ether oxygens (including phenoxy) is 1. The lowest BCUT2D eigenvalue weighted by Gasteiger charge is -2.28. The van der Waals surface area contributed by atoms with Crippen molar-refractivity contribution in [2.45, 2.75) is 32.0 Å². The number of phenolic OH excluding ortho intramolecular Hbond substituents is 3. The molecule has 0 aromatic heterocycles. The maximum absolute atomic E-state index is 15.1. The Morgan fingerprint density at radius 2 is 1.70 bits per heavy atom. The Kier molecular flexibility index (Phi) is 8.06. The fourth-order valence-electron chi connectivity index (χ4n) is 4.76. The molecule has 1 aromatic rings. The van der Waals surface area contributed by atoms with Gasteiger partial charge in [0.2, 0.25) is 11.8 Å². The van der Waals surface area contributed by atoms with Gasteiger partial charge in [-0.1, -0.05) is 6.58 Å². The quantitative estimate of drug-likeness (QED) is 0.0732. The number of halogens is 1. The number of imide groups is 1. The summed E-state index contributed by atoms with van der Waals surface area (Å²) in [6, 6.07) is -1.13. The van der Waals surface area contributed by atoms with Gasteiger partial charge in [0, 0.05) is 38.2 Å². The van der Waals surface area contributed by atoms with E-state index < -0.39 is 88.5 Å². The number of morpholine rings is 1. The van der Waals surface area contributed by atoms with Gasteiger partial charge in [-0.15, -0.1) is 0 Å². The Labute approximate surface area is 226 Å². The van der Waals surface area contributed by atoms with Crippen molar-refractivity contribution in [3.63, 3.8) is 0 Å². The van der Waals surface area contributed by atoms with Crippen molar-refractivity contribution in [3.05, 3.63) is 52.1 Å². The minimum absolute atomic E-state index is 0.0274. The molecule has 3 amide bonds. The van der Waals surface area contributed by atoms with Crippen LogP contribution in [-0.4, -0.2) is 97.1 Å². The third-order valence-corrected chi connectivity index (χ3v) is 6.96. The van der Waals surface area contributed by atoms with E-state index in [2.05, 4.69) is 17.2 Å². The Hall–Kier alpha value is -4.50. The van der Waals surface area contributed by atoms with Crippen LogP contribution in [0.15, 0.2) is 35.1 Å². The molecule has 1 unspecified atom stereocenters. The highest BCUT2D eigenvalue weighted by molar-refractivity contribution is 6.07. The number of phenols is 3. The molecule has 3 fully saturated rings. The average molecular weight is 565 g/mol. The predicted molar refractivity (Wildman–Crippen MR) is 133 cm³/mol. The second-order valence-electron chi connectivity index (χ2n) is 9.46. The van der Waals surface area contributed by atoms with Gasteiger partial charge in [-0.05, 0) is 6.42 Å². The summed E-state index contributed by atoms with van der Waals surface area (Å²) in [6.07, 6.45) is -0.0886. The van der Waals surface area contributed by atoms with Crippen LogP contribution in [0.1, 0.15) is 24.0 Å². The molecule has 3 saturated heterocycles. The summed E-state index contributed by atoms with van der Waals surface area (Å²) in [4.78, 5) is 39.7. The van der Waals surface area contributed by atoms with Crippen molar-refractivity contribution >= 4 is 17.7 Å². The van der Waals surface area contributed by atoms with E-state index in [0.717, 1.165) is 4.90 Å². The molecule has 4 rings (SSSR count). The van der Waals surface area contributed by atoms with Gasteiger partial charge in [0.25, 0.3) is 5.91 Å². The van der Waals surface area contributed by atoms with Crippen LogP contribution in [0.4, 0.5) is 4.39 Å². The van der Waals surface area contributed by atoms with Crippen molar-refractivity contribution in [1.29, 1.82) is 0 Å².